The molecule has 0 saturated carbocycles. The summed E-state index contributed by atoms with van der Waals surface area (Å²) in [5, 5.41) is 0. The number of hydrogen-bond acceptors (Lipinski definition) is 5. The van der Waals surface area contributed by atoms with Gasteiger partial charge in [0.15, 0.2) is 0 Å². The summed E-state index contributed by atoms with van der Waals surface area (Å²) in [6.07, 6.45) is 1.79. The van der Waals surface area contributed by atoms with Gasteiger partial charge in [-0.1, -0.05) is 0 Å². The lowest BCUT2D eigenvalue weighted by atomic mass is 9.96. The Balaban J connectivity index is 1.79. The van der Waals surface area contributed by atoms with Crippen molar-refractivity contribution >= 4 is 5.91 Å². The molecule has 0 aliphatic carbocycles. The van der Waals surface area contributed by atoms with Crippen LogP contribution in [0.15, 0.2) is 0 Å². The zero-order valence-electron chi connectivity index (χ0n) is 10.7. The average molecular weight is 258 g/mol. The van der Waals surface area contributed by atoms with Crippen LogP contribution < -0.4 is 5.73 Å². The van der Waals surface area contributed by atoms with E-state index in [9.17, 15) is 4.79 Å². The maximum absolute atomic E-state index is 12.0. The minimum Gasteiger partial charge on any atom is -0.378 e. The molecular formula is C12H22N2O4. The molecule has 1 amide bonds. The van der Waals surface area contributed by atoms with Gasteiger partial charge in [-0.3, -0.25) is 4.79 Å². The van der Waals surface area contributed by atoms with Crippen molar-refractivity contribution in [2.45, 2.75) is 18.4 Å². The zero-order valence-corrected chi connectivity index (χ0v) is 10.7. The normalized spacial score (nSPS) is 29.3. The SMILES string of the molecule is NCC1(OCC(=O)N2CCOCC2)CCCOC1. The lowest BCUT2D eigenvalue weighted by Gasteiger charge is -2.36. The Morgan fingerprint density at radius 2 is 2.06 bits per heavy atom. The highest BCUT2D eigenvalue weighted by Gasteiger charge is 2.33. The van der Waals surface area contributed by atoms with Crippen LogP contribution in [0.3, 0.4) is 0 Å². The second kappa shape index (κ2) is 6.47. The maximum Gasteiger partial charge on any atom is 0.248 e. The molecule has 2 saturated heterocycles. The number of ether oxygens (including phenoxy) is 3. The molecule has 1 atom stereocenters. The summed E-state index contributed by atoms with van der Waals surface area (Å²) in [6.45, 7) is 4.22. The van der Waals surface area contributed by atoms with Crippen molar-refractivity contribution in [3.63, 3.8) is 0 Å². The van der Waals surface area contributed by atoms with Gasteiger partial charge in [-0.15, -0.1) is 0 Å². The van der Waals surface area contributed by atoms with Crippen molar-refractivity contribution in [1.82, 2.24) is 4.90 Å². The first kappa shape index (κ1) is 13.7. The summed E-state index contributed by atoms with van der Waals surface area (Å²) in [5.74, 6) is 0.0108. The molecule has 0 aromatic carbocycles. The predicted molar refractivity (Wildman–Crippen MR) is 65.2 cm³/mol. The highest BCUT2D eigenvalue weighted by molar-refractivity contribution is 5.77. The van der Waals surface area contributed by atoms with E-state index in [4.69, 9.17) is 19.9 Å². The summed E-state index contributed by atoms with van der Waals surface area (Å²) >= 11 is 0. The minimum absolute atomic E-state index is 0.0108. The van der Waals surface area contributed by atoms with Gasteiger partial charge in [0.2, 0.25) is 5.91 Å². The second-order valence-corrected chi connectivity index (χ2v) is 4.83. The molecule has 2 heterocycles. The van der Waals surface area contributed by atoms with Gasteiger partial charge in [0.25, 0.3) is 0 Å². The van der Waals surface area contributed by atoms with Gasteiger partial charge >= 0.3 is 0 Å². The third-order valence-corrected chi connectivity index (χ3v) is 3.52. The molecule has 0 radical (unpaired) electrons. The molecule has 6 heteroatoms. The fraction of sp³-hybridized carbons (Fsp3) is 0.917. The molecule has 2 aliphatic rings. The maximum atomic E-state index is 12.0. The molecule has 2 rings (SSSR count). The van der Waals surface area contributed by atoms with Crippen LogP contribution in [-0.4, -0.2) is 69.1 Å². The number of carbonyl (C=O) groups is 1. The van der Waals surface area contributed by atoms with E-state index in [1.165, 1.54) is 0 Å². The van der Waals surface area contributed by atoms with Crippen LogP contribution in [-0.2, 0) is 19.0 Å². The van der Waals surface area contributed by atoms with Crippen molar-refractivity contribution < 1.29 is 19.0 Å². The Kier molecular flexibility index (Phi) is 4.94. The summed E-state index contributed by atoms with van der Waals surface area (Å²) < 4.78 is 16.4. The Hall–Kier alpha value is -0.690. The summed E-state index contributed by atoms with van der Waals surface area (Å²) in [6, 6.07) is 0. The first-order chi connectivity index (χ1) is 8.76. The van der Waals surface area contributed by atoms with Crippen LogP contribution in [0.1, 0.15) is 12.8 Å². The Morgan fingerprint density at radius 3 is 2.67 bits per heavy atom. The van der Waals surface area contributed by atoms with E-state index >= 15 is 0 Å². The van der Waals surface area contributed by atoms with E-state index in [0.29, 0.717) is 39.5 Å². The number of carbonyl (C=O) groups excluding carboxylic acids is 1. The second-order valence-electron chi connectivity index (χ2n) is 4.83. The van der Waals surface area contributed by atoms with Crippen LogP contribution in [0.2, 0.25) is 0 Å². The van der Waals surface area contributed by atoms with Crippen LogP contribution in [0.4, 0.5) is 0 Å². The highest BCUT2D eigenvalue weighted by Crippen LogP contribution is 2.22. The first-order valence-electron chi connectivity index (χ1n) is 6.53. The predicted octanol–water partition coefficient (Wildman–Crippen LogP) is -0.630. The molecule has 2 N–H and O–H groups in total. The lowest BCUT2D eigenvalue weighted by molar-refractivity contribution is -0.158. The van der Waals surface area contributed by atoms with Crippen LogP contribution in [0, 0.1) is 0 Å². The Morgan fingerprint density at radius 1 is 1.28 bits per heavy atom. The van der Waals surface area contributed by atoms with E-state index in [2.05, 4.69) is 0 Å². The van der Waals surface area contributed by atoms with Gasteiger partial charge in [0.1, 0.15) is 12.2 Å². The van der Waals surface area contributed by atoms with Crippen molar-refractivity contribution in [1.29, 1.82) is 0 Å². The van der Waals surface area contributed by atoms with Gasteiger partial charge in [-0.25, -0.2) is 0 Å². The van der Waals surface area contributed by atoms with Crippen LogP contribution in [0.5, 0.6) is 0 Å². The molecule has 104 valence electrons. The van der Waals surface area contributed by atoms with E-state index < -0.39 is 5.60 Å². The Labute approximate surface area is 107 Å². The third-order valence-electron chi connectivity index (χ3n) is 3.52. The molecule has 18 heavy (non-hydrogen) atoms. The van der Waals surface area contributed by atoms with Gasteiger partial charge in [0, 0.05) is 26.2 Å². The van der Waals surface area contributed by atoms with Crippen molar-refractivity contribution in [2.75, 3.05) is 52.7 Å². The van der Waals surface area contributed by atoms with Crippen LogP contribution in [0.25, 0.3) is 0 Å². The standard InChI is InChI=1S/C12H22N2O4/c13-9-12(2-1-5-17-10-12)18-8-11(15)14-3-6-16-7-4-14/h1-10,13H2. The number of nitrogens with two attached hydrogens (primary N) is 1. The van der Waals surface area contributed by atoms with Gasteiger partial charge in [0.05, 0.1) is 19.8 Å². The average Bonchev–Trinajstić information content (AvgIpc) is 2.47. The molecule has 0 aromatic rings. The number of morpholine rings is 1. The first-order valence-corrected chi connectivity index (χ1v) is 6.53. The number of rotatable bonds is 4. The third kappa shape index (κ3) is 3.41. The fourth-order valence-corrected chi connectivity index (χ4v) is 2.28. The smallest absolute Gasteiger partial charge is 0.248 e. The van der Waals surface area contributed by atoms with Gasteiger partial charge in [-0.2, -0.15) is 0 Å². The highest BCUT2D eigenvalue weighted by atomic mass is 16.5. The number of nitrogens with zero attached hydrogens (tertiary/aromatic N) is 1. The minimum atomic E-state index is -0.472. The molecule has 0 bridgehead atoms. The summed E-state index contributed by atoms with van der Waals surface area (Å²) in [5.41, 5.74) is 5.28. The van der Waals surface area contributed by atoms with E-state index in [1.54, 1.807) is 4.90 Å². The van der Waals surface area contributed by atoms with Crippen molar-refractivity contribution in [3.05, 3.63) is 0 Å². The van der Waals surface area contributed by atoms with Gasteiger partial charge < -0.3 is 24.8 Å². The van der Waals surface area contributed by atoms with E-state index in [1.807, 2.05) is 0 Å². The largest absolute Gasteiger partial charge is 0.378 e. The molecule has 0 spiro atoms. The van der Waals surface area contributed by atoms with E-state index in [0.717, 1.165) is 19.4 Å². The Bertz CT molecular complexity index is 273. The quantitative estimate of drug-likeness (QED) is 0.727. The van der Waals surface area contributed by atoms with Crippen LogP contribution >= 0.6 is 0 Å². The van der Waals surface area contributed by atoms with Crippen molar-refractivity contribution in [3.8, 4) is 0 Å². The number of amides is 1. The zero-order chi connectivity index (χ0) is 12.8. The summed E-state index contributed by atoms with van der Waals surface area (Å²) in [7, 11) is 0. The molecule has 2 fully saturated rings. The molecule has 0 aromatic heterocycles. The number of hydrogen-bond donors (Lipinski definition) is 1. The molecule has 2 aliphatic heterocycles. The van der Waals surface area contributed by atoms with Gasteiger partial charge in [-0.05, 0) is 12.8 Å². The molecular weight excluding hydrogens is 236 g/mol. The summed E-state index contributed by atoms with van der Waals surface area (Å²) in [4.78, 5) is 13.7. The molecule has 1 unspecified atom stereocenters. The molecule has 6 nitrogen and oxygen atoms in total. The monoisotopic (exact) mass is 258 g/mol. The van der Waals surface area contributed by atoms with E-state index in [-0.39, 0.29) is 12.5 Å². The van der Waals surface area contributed by atoms with Crippen molar-refractivity contribution in [2.24, 2.45) is 5.73 Å². The fourth-order valence-electron chi connectivity index (χ4n) is 2.28. The lowest BCUT2D eigenvalue weighted by Crippen LogP contribution is -2.50. The topological polar surface area (TPSA) is 74.0 Å².